The second-order valence-electron chi connectivity index (χ2n) is 4.72. The van der Waals surface area contributed by atoms with E-state index in [9.17, 15) is 9.18 Å². The Labute approximate surface area is 148 Å². The zero-order chi connectivity index (χ0) is 18.2. The summed E-state index contributed by atoms with van der Waals surface area (Å²) in [5, 5.41) is 6.23. The molecule has 0 aliphatic rings. The fourth-order valence-corrected chi connectivity index (χ4v) is 2.62. The number of thiazole rings is 1. The molecule has 8 heteroatoms. The van der Waals surface area contributed by atoms with Gasteiger partial charge in [0, 0.05) is 5.38 Å². The van der Waals surface area contributed by atoms with E-state index >= 15 is 0 Å². The van der Waals surface area contributed by atoms with Crippen molar-refractivity contribution in [3.63, 3.8) is 0 Å². The molecule has 1 heterocycles. The summed E-state index contributed by atoms with van der Waals surface area (Å²) in [6.45, 7) is 2.07. The first-order valence-corrected chi connectivity index (χ1v) is 8.18. The van der Waals surface area contributed by atoms with Gasteiger partial charge in [-0.1, -0.05) is 5.92 Å². The van der Waals surface area contributed by atoms with Crippen molar-refractivity contribution in [2.24, 2.45) is 5.10 Å². The average molecular weight is 361 g/mol. The molecule has 0 radical (unpaired) electrons. The van der Waals surface area contributed by atoms with E-state index in [1.54, 1.807) is 18.4 Å². The van der Waals surface area contributed by atoms with Gasteiger partial charge in [0.15, 0.2) is 11.6 Å². The van der Waals surface area contributed by atoms with Gasteiger partial charge in [0.1, 0.15) is 0 Å². The van der Waals surface area contributed by atoms with Crippen LogP contribution in [0.5, 0.6) is 5.75 Å². The Morgan fingerprint density at radius 2 is 2.36 bits per heavy atom. The first-order valence-electron chi connectivity index (χ1n) is 7.30. The van der Waals surface area contributed by atoms with Crippen LogP contribution in [0, 0.1) is 18.2 Å². The fraction of sp³-hybridized carbons (Fsp3) is 0.235. The Bertz CT molecular complexity index is 827. The lowest BCUT2D eigenvalue weighted by molar-refractivity contribution is -0.142. The van der Waals surface area contributed by atoms with Crippen LogP contribution in [0.4, 0.5) is 9.52 Å². The number of halogens is 1. The Morgan fingerprint density at radius 1 is 1.56 bits per heavy atom. The average Bonchev–Trinajstić information content (AvgIpc) is 3.01. The molecule has 0 bridgehead atoms. The number of carbonyl (C=O) groups is 1. The van der Waals surface area contributed by atoms with Gasteiger partial charge in [0.2, 0.25) is 5.13 Å². The first kappa shape index (κ1) is 18.4. The Hall–Kier alpha value is -2.92. The predicted octanol–water partition coefficient (Wildman–Crippen LogP) is 2.82. The summed E-state index contributed by atoms with van der Waals surface area (Å²) < 4.78 is 23.7. The molecule has 0 unspecified atom stereocenters. The molecule has 1 aromatic carbocycles. The molecule has 0 fully saturated rings. The first-order chi connectivity index (χ1) is 12.1. The van der Waals surface area contributed by atoms with E-state index in [-0.39, 0.29) is 18.1 Å². The third-order valence-corrected chi connectivity index (χ3v) is 3.78. The number of ether oxygens (including phenoxy) is 2. The number of hydrazone groups is 1. The molecule has 0 saturated heterocycles. The van der Waals surface area contributed by atoms with E-state index in [4.69, 9.17) is 15.9 Å². The van der Waals surface area contributed by atoms with Crippen LogP contribution in [0.1, 0.15) is 23.7 Å². The topological polar surface area (TPSA) is 72.8 Å². The maximum absolute atomic E-state index is 13.9. The van der Waals surface area contributed by atoms with E-state index < -0.39 is 5.82 Å². The highest BCUT2D eigenvalue weighted by Crippen LogP contribution is 2.23. The monoisotopic (exact) mass is 361 g/mol. The molecule has 1 aromatic heterocycles. The van der Waals surface area contributed by atoms with Crippen molar-refractivity contribution in [3.05, 3.63) is 40.2 Å². The van der Waals surface area contributed by atoms with Crippen LogP contribution in [0.2, 0.25) is 0 Å². The zero-order valence-electron chi connectivity index (χ0n) is 13.7. The molecule has 0 saturated carbocycles. The molecular formula is C17H16FN3O3S. The van der Waals surface area contributed by atoms with Crippen LogP contribution < -0.4 is 10.2 Å². The maximum Gasteiger partial charge on any atom is 0.311 e. The van der Waals surface area contributed by atoms with Crippen LogP contribution in [0.3, 0.4) is 0 Å². The van der Waals surface area contributed by atoms with Crippen molar-refractivity contribution in [2.75, 3.05) is 19.1 Å². The van der Waals surface area contributed by atoms with Gasteiger partial charge in [-0.2, -0.15) is 5.10 Å². The normalized spacial score (nSPS) is 10.5. The number of esters is 1. The molecule has 1 N–H and O–H groups in total. The van der Waals surface area contributed by atoms with Crippen LogP contribution >= 0.6 is 11.3 Å². The molecule has 6 nitrogen and oxygen atoms in total. The van der Waals surface area contributed by atoms with E-state index in [1.165, 1.54) is 30.7 Å². The number of nitrogens with zero attached hydrogens (tertiary/aromatic N) is 2. The van der Waals surface area contributed by atoms with E-state index in [0.717, 1.165) is 0 Å². The molecule has 130 valence electrons. The standard InChI is InChI=1S/C17H16FN3O3S/c1-4-12-6-11(7-14(18)16(12)23-3)9-19-21-17-20-13(10-25-17)8-15(22)24-5-2/h1,6-7,9-10H,5,8H2,2-3H3,(H,20,21). The number of carbonyl (C=O) groups excluding carboxylic acids is 1. The van der Waals surface area contributed by atoms with Gasteiger partial charge in [-0.3, -0.25) is 10.2 Å². The van der Waals surface area contributed by atoms with Crippen LogP contribution in [0.25, 0.3) is 0 Å². The van der Waals surface area contributed by atoms with E-state index in [2.05, 4.69) is 21.4 Å². The summed E-state index contributed by atoms with van der Waals surface area (Å²) in [7, 11) is 1.35. The smallest absolute Gasteiger partial charge is 0.311 e. The minimum absolute atomic E-state index is 0.0242. The molecule has 2 aromatic rings. The van der Waals surface area contributed by atoms with Gasteiger partial charge in [0.05, 0.1) is 37.6 Å². The Morgan fingerprint density at radius 3 is 3.04 bits per heavy atom. The van der Waals surface area contributed by atoms with Gasteiger partial charge >= 0.3 is 5.97 Å². The Kier molecular flexibility index (Phi) is 6.48. The van der Waals surface area contributed by atoms with Gasteiger partial charge in [-0.25, -0.2) is 9.37 Å². The molecule has 2 rings (SSSR count). The van der Waals surface area contributed by atoms with Crippen molar-refractivity contribution in [3.8, 4) is 18.1 Å². The van der Waals surface area contributed by atoms with Crippen molar-refractivity contribution in [1.29, 1.82) is 0 Å². The van der Waals surface area contributed by atoms with Gasteiger partial charge in [0.25, 0.3) is 0 Å². The van der Waals surface area contributed by atoms with Gasteiger partial charge < -0.3 is 9.47 Å². The largest absolute Gasteiger partial charge is 0.492 e. The molecule has 0 spiro atoms. The number of nitrogens with one attached hydrogen (secondary N) is 1. The number of aromatic nitrogens is 1. The van der Waals surface area contributed by atoms with Crippen molar-refractivity contribution in [2.45, 2.75) is 13.3 Å². The number of rotatable bonds is 7. The zero-order valence-corrected chi connectivity index (χ0v) is 14.5. The third-order valence-electron chi connectivity index (χ3n) is 2.98. The number of hydrogen-bond acceptors (Lipinski definition) is 7. The van der Waals surface area contributed by atoms with Gasteiger partial charge in [-0.15, -0.1) is 17.8 Å². The quantitative estimate of drug-likeness (QED) is 0.355. The highest BCUT2D eigenvalue weighted by molar-refractivity contribution is 7.13. The molecular weight excluding hydrogens is 345 g/mol. The minimum atomic E-state index is -0.564. The number of hydrogen-bond donors (Lipinski definition) is 1. The number of methoxy groups -OCH3 is 1. The lowest BCUT2D eigenvalue weighted by Gasteiger charge is -2.05. The highest BCUT2D eigenvalue weighted by atomic mass is 32.1. The minimum Gasteiger partial charge on any atom is -0.492 e. The maximum atomic E-state index is 13.9. The van der Waals surface area contributed by atoms with E-state index in [1.807, 2.05) is 0 Å². The summed E-state index contributed by atoms with van der Waals surface area (Å²) in [5.41, 5.74) is 4.09. The van der Waals surface area contributed by atoms with Crippen molar-refractivity contribution >= 4 is 28.7 Å². The van der Waals surface area contributed by atoms with Gasteiger partial charge in [-0.05, 0) is 24.6 Å². The second kappa shape index (κ2) is 8.80. The SMILES string of the molecule is C#Cc1cc(C=NNc2nc(CC(=O)OCC)cs2)cc(F)c1OC. The van der Waals surface area contributed by atoms with Crippen molar-refractivity contribution < 1.29 is 18.7 Å². The highest BCUT2D eigenvalue weighted by Gasteiger charge is 2.10. The molecule has 0 atom stereocenters. The summed E-state index contributed by atoms with van der Waals surface area (Å²) >= 11 is 1.29. The van der Waals surface area contributed by atoms with Crippen LogP contribution in [-0.4, -0.2) is 30.9 Å². The number of anilines is 1. The predicted molar refractivity (Wildman–Crippen MR) is 94.6 cm³/mol. The number of terminal acetylenes is 1. The second-order valence-corrected chi connectivity index (χ2v) is 5.58. The molecule has 25 heavy (non-hydrogen) atoms. The summed E-state index contributed by atoms with van der Waals surface area (Å²) in [6.07, 6.45) is 6.86. The molecule has 0 aliphatic heterocycles. The lowest BCUT2D eigenvalue weighted by atomic mass is 10.1. The summed E-state index contributed by atoms with van der Waals surface area (Å²) in [6, 6.07) is 2.85. The van der Waals surface area contributed by atoms with Crippen LogP contribution in [-0.2, 0) is 16.0 Å². The fourth-order valence-electron chi connectivity index (χ4n) is 1.97. The summed E-state index contributed by atoms with van der Waals surface area (Å²) in [4.78, 5) is 15.6. The molecule has 0 aliphatic carbocycles. The van der Waals surface area contributed by atoms with E-state index in [0.29, 0.717) is 28.6 Å². The van der Waals surface area contributed by atoms with Crippen LogP contribution in [0.15, 0.2) is 22.6 Å². The summed E-state index contributed by atoms with van der Waals surface area (Å²) in [5.74, 6) is 1.49. The van der Waals surface area contributed by atoms with Crippen molar-refractivity contribution in [1.82, 2.24) is 4.98 Å². The lowest BCUT2D eigenvalue weighted by Crippen LogP contribution is -2.07. The Balaban J connectivity index is 2.02. The molecule has 0 amide bonds. The number of benzene rings is 1. The third kappa shape index (κ3) is 5.02.